The van der Waals surface area contributed by atoms with Gasteiger partial charge in [-0.1, -0.05) is 30.3 Å². The number of nitrogens with one attached hydrogen (secondary N) is 1. The molecule has 148 valence electrons. The highest BCUT2D eigenvalue weighted by atomic mass is 16.3. The average molecular weight is 380 g/mol. The molecule has 1 unspecified atom stereocenters. The van der Waals surface area contributed by atoms with Crippen molar-refractivity contribution in [3.05, 3.63) is 59.5 Å². The molecule has 1 fully saturated rings. The predicted octanol–water partition coefficient (Wildman–Crippen LogP) is 1.93. The molecule has 1 aromatic carbocycles. The molecule has 1 aliphatic heterocycles. The van der Waals surface area contributed by atoms with E-state index in [0.717, 1.165) is 49.6 Å². The largest absolute Gasteiger partial charge is 0.394 e. The molecular weight excluding hydrogens is 352 g/mol. The molecule has 0 aliphatic carbocycles. The quantitative estimate of drug-likeness (QED) is 0.681. The molecule has 0 amide bonds. The molecule has 7 nitrogen and oxygen atoms in total. The van der Waals surface area contributed by atoms with E-state index in [9.17, 15) is 5.11 Å². The molecule has 1 aliphatic rings. The highest BCUT2D eigenvalue weighted by molar-refractivity contribution is 5.73. The van der Waals surface area contributed by atoms with Crippen molar-refractivity contribution in [1.82, 2.24) is 24.4 Å². The number of aromatic nitrogens is 3. The highest BCUT2D eigenvalue weighted by Gasteiger charge is 2.19. The van der Waals surface area contributed by atoms with Crippen LogP contribution in [0.3, 0.4) is 0 Å². The van der Waals surface area contributed by atoms with Gasteiger partial charge in [-0.05, 0) is 30.7 Å². The zero-order valence-corrected chi connectivity index (χ0v) is 16.5. The number of nitrogens with zero attached hydrogens (tertiary/aromatic N) is 5. The number of aliphatic hydroxyl groups excluding tert-OH is 1. The molecule has 0 spiro atoms. The van der Waals surface area contributed by atoms with Crippen molar-refractivity contribution in [2.45, 2.75) is 19.5 Å². The fraction of sp³-hybridized carbons (Fsp3) is 0.429. The van der Waals surface area contributed by atoms with E-state index >= 15 is 0 Å². The van der Waals surface area contributed by atoms with Gasteiger partial charge < -0.3 is 15.3 Å². The lowest BCUT2D eigenvalue weighted by Gasteiger charge is -2.32. The van der Waals surface area contributed by atoms with Gasteiger partial charge in [0.15, 0.2) is 5.82 Å². The van der Waals surface area contributed by atoms with Gasteiger partial charge in [0.2, 0.25) is 0 Å². The highest BCUT2D eigenvalue weighted by Crippen LogP contribution is 2.27. The number of rotatable bonds is 6. The van der Waals surface area contributed by atoms with E-state index in [-0.39, 0.29) is 12.6 Å². The zero-order valence-electron chi connectivity index (χ0n) is 16.5. The van der Waals surface area contributed by atoms with Gasteiger partial charge in [0, 0.05) is 38.9 Å². The summed E-state index contributed by atoms with van der Waals surface area (Å²) >= 11 is 0. The van der Waals surface area contributed by atoms with Crippen molar-refractivity contribution in [3.63, 3.8) is 0 Å². The molecule has 2 aromatic heterocycles. The van der Waals surface area contributed by atoms with Gasteiger partial charge in [-0.3, -0.25) is 4.90 Å². The number of hydrogen-bond acceptors (Lipinski definition) is 6. The number of anilines is 1. The minimum Gasteiger partial charge on any atom is -0.394 e. The van der Waals surface area contributed by atoms with Crippen LogP contribution in [0, 0.1) is 6.92 Å². The van der Waals surface area contributed by atoms with Crippen LogP contribution < -0.4 is 5.32 Å². The number of benzene rings is 1. The normalized spacial score (nSPS) is 17.1. The summed E-state index contributed by atoms with van der Waals surface area (Å²) in [7, 11) is 2.17. The molecule has 1 saturated heterocycles. The van der Waals surface area contributed by atoms with E-state index in [0.29, 0.717) is 0 Å². The Labute approximate surface area is 165 Å². The second-order valence-electron chi connectivity index (χ2n) is 7.55. The van der Waals surface area contributed by atoms with E-state index in [1.165, 1.54) is 11.1 Å². The number of fused-ring (bicyclic) bond motifs is 1. The maximum Gasteiger partial charge on any atom is 0.154 e. The first-order valence-electron chi connectivity index (χ1n) is 9.80. The number of aryl methyl sites for hydroxylation is 1. The van der Waals surface area contributed by atoms with E-state index in [1.807, 2.05) is 34.8 Å². The molecule has 3 heterocycles. The van der Waals surface area contributed by atoms with Gasteiger partial charge in [0.25, 0.3) is 0 Å². The van der Waals surface area contributed by atoms with Crippen molar-refractivity contribution in [3.8, 4) is 0 Å². The molecule has 2 N–H and O–H groups in total. The summed E-state index contributed by atoms with van der Waals surface area (Å²) in [6.07, 6.45) is 3.67. The summed E-state index contributed by atoms with van der Waals surface area (Å²) in [6, 6.07) is 9.74. The number of aliphatic hydroxyl groups is 1. The Morgan fingerprint density at radius 2 is 1.89 bits per heavy atom. The topological polar surface area (TPSA) is 68.9 Å². The molecule has 0 radical (unpaired) electrons. The van der Waals surface area contributed by atoms with Crippen molar-refractivity contribution >= 4 is 11.3 Å². The standard InChI is InChI=1S/C21H28N6O/c1-16-18(12-26-10-8-25(2)9-11-26)13-27-20(16)21(22-15-23-27)24-19(14-28)17-6-4-3-5-7-17/h3-7,13,15,19,28H,8-12,14H2,1-2H3,(H,22,23,24). The average Bonchev–Trinajstić information content (AvgIpc) is 3.04. The lowest BCUT2D eigenvalue weighted by molar-refractivity contribution is 0.148. The SMILES string of the molecule is Cc1c(CN2CCN(C)CC2)cn2ncnc(NC(CO)c3ccccc3)c12. The first-order chi connectivity index (χ1) is 13.7. The van der Waals surface area contributed by atoms with Crippen LogP contribution in [0.25, 0.3) is 5.52 Å². The second-order valence-corrected chi connectivity index (χ2v) is 7.55. The van der Waals surface area contributed by atoms with Crippen molar-refractivity contribution in [2.75, 3.05) is 45.2 Å². The smallest absolute Gasteiger partial charge is 0.154 e. The summed E-state index contributed by atoms with van der Waals surface area (Å²) in [5, 5.41) is 17.7. The zero-order chi connectivity index (χ0) is 19.5. The van der Waals surface area contributed by atoms with Crippen LogP contribution in [0.4, 0.5) is 5.82 Å². The third-order valence-electron chi connectivity index (χ3n) is 5.62. The van der Waals surface area contributed by atoms with Crippen LogP contribution in [0.15, 0.2) is 42.9 Å². The van der Waals surface area contributed by atoms with Crippen LogP contribution in [-0.2, 0) is 6.54 Å². The number of likely N-dealkylation sites (N-methyl/N-ethyl adjacent to an activating group) is 1. The molecule has 7 heteroatoms. The Morgan fingerprint density at radius 3 is 2.61 bits per heavy atom. The molecule has 1 atom stereocenters. The lowest BCUT2D eigenvalue weighted by Crippen LogP contribution is -2.43. The van der Waals surface area contributed by atoms with Gasteiger partial charge in [-0.25, -0.2) is 9.50 Å². The Bertz CT molecular complexity index is 917. The van der Waals surface area contributed by atoms with Crippen molar-refractivity contribution in [2.24, 2.45) is 0 Å². The molecule has 3 aromatic rings. The first-order valence-corrected chi connectivity index (χ1v) is 9.80. The Morgan fingerprint density at radius 1 is 1.14 bits per heavy atom. The second kappa shape index (κ2) is 8.26. The fourth-order valence-electron chi connectivity index (χ4n) is 3.81. The van der Waals surface area contributed by atoms with Gasteiger partial charge in [-0.2, -0.15) is 5.10 Å². The monoisotopic (exact) mass is 380 g/mol. The minimum atomic E-state index is -0.213. The van der Waals surface area contributed by atoms with Crippen LogP contribution >= 0.6 is 0 Å². The Hall–Kier alpha value is -2.48. The van der Waals surface area contributed by atoms with Crippen LogP contribution in [0.1, 0.15) is 22.7 Å². The van der Waals surface area contributed by atoms with Gasteiger partial charge >= 0.3 is 0 Å². The minimum absolute atomic E-state index is 0.00587. The van der Waals surface area contributed by atoms with Crippen molar-refractivity contribution < 1.29 is 5.11 Å². The summed E-state index contributed by atoms with van der Waals surface area (Å²) in [4.78, 5) is 9.33. The van der Waals surface area contributed by atoms with Crippen molar-refractivity contribution in [1.29, 1.82) is 0 Å². The molecule has 28 heavy (non-hydrogen) atoms. The lowest BCUT2D eigenvalue weighted by atomic mass is 10.1. The third-order valence-corrected chi connectivity index (χ3v) is 5.62. The van der Waals surface area contributed by atoms with E-state index in [1.54, 1.807) is 6.33 Å². The maximum atomic E-state index is 9.90. The van der Waals surface area contributed by atoms with Crippen LogP contribution in [0.5, 0.6) is 0 Å². The van der Waals surface area contributed by atoms with Crippen LogP contribution in [0.2, 0.25) is 0 Å². The number of hydrogen-bond donors (Lipinski definition) is 2. The summed E-state index contributed by atoms with van der Waals surface area (Å²) in [5.74, 6) is 0.750. The molecular formula is C21H28N6O. The summed E-state index contributed by atoms with van der Waals surface area (Å²) in [6.45, 7) is 7.42. The summed E-state index contributed by atoms with van der Waals surface area (Å²) in [5.41, 5.74) is 4.46. The predicted molar refractivity (Wildman–Crippen MR) is 110 cm³/mol. The summed E-state index contributed by atoms with van der Waals surface area (Å²) < 4.78 is 1.90. The molecule has 0 saturated carbocycles. The van der Waals surface area contributed by atoms with Gasteiger partial charge in [0.05, 0.1) is 12.6 Å². The Balaban J connectivity index is 1.60. The number of piperazine rings is 1. The van der Waals surface area contributed by atoms with E-state index in [2.05, 4.69) is 45.4 Å². The molecule has 4 rings (SSSR count). The van der Waals surface area contributed by atoms with Crippen LogP contribution in [-0.4, -0.2) is 69.3 Å². The first kappa shape index (κ1) is 18.9. The Kier molecular flexibility index (Phi) is 5.57. The molecule has 0 bridgehead atoms. The third kappa shape index (κ3) is 3.87. The fourth-order valence-corrected chi connectivity index (χ4v) is 3.81. The van der Waals surface area contributed by atoms with E-state index < -0.39 is 0 Å². The van der Waals surface area contributed by atoms with Gasteiger partial charge in [-0.15, -0.1) is 0 Å². The van der Waals surface area contributed by atoms with E-state index in [4.69, 9.17) is 0 Å². The van der Waals surface area contributed by atoms with Gasteiger partial charge in [0.1, 0.15) is 11.8 Å². The maximum absolute atomic E-state index is 9.90.